The monoisotopic (exact) mass is 297 g/mol. The van der Waals surface area contributed by atoms with Crippen LogP contribution in [0.15, 0.2) is 6.20 Å². The Labute approximate surface area is 87.8 Å². The fourth-order valence-corrected chi connectivity index (χ4v) is 2.27. The summed E-state index contributed by atoms with van der Waals surface area (Å²) in [7, 11) is 0. The minimum atomic E-state index is 0.581. The maximum Gasteiger partial charge on any atom is 0.0861 e. The summed E-state index contributed by atoms with van der Waals surface area (Å²) in [5.41, 5.74) is 1.98. The van der Waals surface area contributed by atoms with Crippen LogP contribution in [0.5, 0.6) is 0 Å². The zero-order valence-electron chi connectivity index (χ0n) is 7.43. The lowest BCUT2D eigenvalue weighted by molar-refractivity contribution is 1.00. The van der Waals surface area contributed by atoms with Gasteiger partial charge in [0.1, 0.15) is 0 Å². The molecule has 1 N–H and O–H groups in total. The van der Waals surface area contributed by atoms with E-state index in [0.717, 1.165) is 11.3 Å². The number of nitrogens with zero attached hydrogens (tertiary/aromatic N) is 2. The molecule has 1 rings (SSSR count). The van der Waals surface area contributed by atoms with Gasteiger partial charge in [0.25, 0.3) is 0 Å². The second-order valence-corrected chi connectivity index (χ2v) is 3.89. The van der Waals surface area contributed by atoms with E-state index in [1.807, 2.05) is 25.2 Å². The number of aromatic nitrogens is 2. The number of rotatable bonds is 2. The highest BCUT2D eigenvalue weighted by molar-refractivity contribution is 14.2. The van der Waals surface area contributed by atoms with Crippen molar-refractivity contribution in [3.05, 3.63) is 17.5 Å². The molecule has 0 aliphatic rings. The van der Waals surface area contributed by atoms with Crippen molar-refractivity contribution in [3.8, 4) is 0 Å². The summed E-state index contributed by atoms with van der Waals surface area (Å²) in [4.78, 5) is 0. The van der Waals surface area contributed by atoms with Crippen molar-refractivity contribution in [1.29, 1.82) is 5.41 Å². The standard InChI is InChI=1S/C5H7IN3P.C2H6/c1-4-3-8-9(10-6)5(4)2-7;1-2/h2-3,7,10H,1H3;1-2H3. The molecule has 1 unspecified atom stereocenters. The molecule has 12 heavy (non-hydrogen) atoms. The van der Waals surface area contributed by atoms with Gasteiger partial charge in [-0.2, -0.15) is 5.10 Å². The van der Waals surface area contributed by atoms with Crippen LogP contribution < -0.4 is 0 Å². The van der Waals surface area contributed by atoms with Gasteiger partial charge in [-0.1, -0.05) is 13.8 Å². The number of hydrogen-bond acceptors (Lipinski definition) is 2. The molecular weight excluding hydrogens is 284 g/mol. The maximum atomic E-state index is 7.06. The molecule has 0 fully saturated rings. The largest absolute Gasteiger partial charge is 0.306 e. The lowest BCUT2D eigenvalue weighted by Gasteiger charge is -1.95. The molecule has 0 saturated carbocycles. The van der Waals surface area contributed by atoms with E-state index in [1.54, 1.807) is 6.20 Å². The van der Waals surface area contributed by atoms with Gasteiger partial charge < -0.3 is 5.41 Å². The van der Waals surface area contributed by atoms with E-state index in [9.17, 15) is 0 Å². The van der Waals surface area contributed by atoms with Gasteiger partial charge in [-0.3, -0.25) is 0 Å². The molecule has 1 heterocycles. The summed E-state index contributed by atoms with van der Waals surface area (Å²) < 4.78 is 1.82. The quantitative estimate of drug-likeness (QED) is 0.509. The van der Waals surface area contributed by atoms with E-state index >= 15 is 0 Å². The molecule has 0 aromatic carbocycles. The Balaban J connectivity index is 0.000000561. The molecular formula is C7H13IN3P. The Bertz CT molecular complexity index is 247. The summed E-state index contributed by atoms with van der Waals surface area (Å²) in [6.45, 7) is 5.96. The van der Waals surface area contributed by atoms with Crippen molar-refractivity contribution in [2.75, 3.05) is 0 Å². The van der Waals surface area contributed by atoms with Gasteiger partial charge in [0.05, 0.1) is 18.3 Å². The van der Waals surface area contributed by atoms with E-state index < -0.39 is 0 Å². The summed E-state index contributed by atoms with van der Waals surface area (Å²) in [6, 6.07) is 0. The highest BCUT2D eigenvalue weighted by Crippen LogP contribution is 2.24. The average Bonchev–Trinajstić information content (AvgIpc) is 2.49. The number of halogens is 1. The van der Waals surface area contributed by atoms with Crippen LogP contribution >= 0.6 is 28.4 Å². The normalized spacial score (nSPS) is 9.67. The van der Waals surface area contributed by atoms with Crippen LogP contribution in [0.25, 0.3) is 0 Å². The first-order valence-corrected chi connectivity index (χ1v) is 7.77. The molecule has 5 heteroatoms. The molecule has 0 spiro atoms. The fraction of sp³-hybridized carbons (Fsp3) is 0.429. The molecule has 1 aromatic rings. The first-order valence-electron chi connectivity index (χ1n) is 3.71. The van der Waals surface area contributed by atoms with E-state index in [1.165, 1.54) is 6.21 Å². The summed E-state index contributed by atoms with van der Waals surface area (Å²) in [5, 5.41) is 11.1. The third-order valence-corrected chi connectivity index (χ3v) is 3.10. The average molecular weight is 297 g/mol. The minimum Gasteiger partial charge on any atom is -0.306 e. The predicted molar refractivity (Wildman–Crippen MR) is 63.9 cm³/mol. The summed E-state index contributed by atoms with van der Waals surface area (Å²) >= 11 is 2.24. The molecule has 0 amide bonds. The topological polar surface area (TPSA) is 41.7 Å². The highest BCUT2D eigenvalue weighted by Gasteiger charge is 2.01. The maximum absolute atomic E-state index is 7.06. The first-order chi connectivity index (χ1) is 5.79. The summed E-state index contributed by atoms with van der Waals surface area (Å²) in [5.74, 6) is 0. The minimum absolute atomic E-state index is 0.581. The van der Waals surface area contributed by atoms with Gasteiger partial charge in [0.2, 0.25) is 0 Å². The van der Waals surface area contributed by atoms with Crippen LogP contribution in [0.3, 0.4) is 0 Å². The van der Waals surface area contributed by atoms with Crippen LogP contribution in [0.1, 0.15) is 25.1 Å². The van der Waals surface area contributed by atoms with Crippen molar-refractivity contribution < 1.29 is 0 Å². The number of nitrogens with one attached hydrogen (secondary N) is 1. The number of aryl methyl sites for hydroxylation is 1. The van der Waals surface area contributed by atoms with E-state index in [4.69, 9.17) is 5.41 Å². The molecule has 3 nitrogen and oxygen atoms in total. The molecule has 0 saturated heterocycles. The lowest BCUT2D eigenvalue weighted by Crippen LogP contribution is -1.91. The van der Waals surface area contributed by atoms with E-state index in [-0.39, 0.29) is 0 Å². The zero-order chi connectivity index (χ0) is 9.56. The molecule has 68 valence electrons. The second-order valence-electron chi connectivity index (χ2n) is 1.85. The molecule has 0 bridgehead atoms. The number of hydrogen-bond donors (Lipinski definition) is 1. The zero-order valence-corrected chi connectivity index (χ0v) is 10.6. The Morgan fingerprint density at radius 1 is 1.67 bits per heavy atom. The Morgan fingerprint density at radius 2 is 2.25 bits per heavy atom. The predicted octanol–water partition coefficient (Wildman–Crippen LogP) is 3.01. The van der Waals surface area contributed by atoms with Gasteiger partial charge in [-0.15, -0.1) is 0 Å². The van der Waals surface area contributed by atoms with Crippen molar-refractivity contribution in [1.82, 2.24) is 9.55 Å². The Morgan fingerprint density at radius 3 is 2.58 bits per heavy atom. The van der Waals surface area contributed by atoms with Crippen LogP contribution in [0.2, 0.25) is 0 Å². The Hall–Kier alpha value is 0.0400. The first kappa shape index (κ1) is 12.0. The van der Waals surface area contributed by atoms with Gasteiger partial charge in [0, 0.05) is 6.21 Å². The van der Waals surface area contributed by atoms with Crippen LogP contribution in [0, 0.1) is 12.3 Å². The SMILES string of the molecule is CC.Cc1cnn(PI)c1C=N. The molecule has 0 radical (unpaired) electrons. The second kappa shape index (κ2) is 6.54. The molecule has 1 atom stereocenters. The van der Waals surface area contributed by atoms with E-state index in [2.05, 4.69) is 27.1 Å². The lowest BCUT2D eigenvalue weighted by atomic mass is 10.3. The van der Waals surface area contributed by atoms with Crippen LogP contribution in [-0.2, 0) is 0 Å². The third kappa shape index (κ3) is 2.83. The van der Waals surface area contributed by atoms with Crippen molar-refractivity contribution in [2.45, 2.75) is 20.8 Å². The van der Waals surface area contributed by atoms with E-state index in [0.29, 0.717) is 6.37 Å². The Kier molecular flexibility index (Phi) is 6.57. The summed E-state index contributed by atoms with van der Waals surface area (Å²) in [6.07, 6.45) is 3.71. The van der Waals surface area contributed by atoms with Crippen molar-refractivity contribution in [2.24, 2.45) is 0 Å². The van der Waals surface area contributed by atoms with Crippen molar-refractivity contribution >= 4 is 34.6 Å². The van der Waals surface area contributed by atoms with Gasteiger partial charge >= 0.3 is 0 Å². The van der Waals surface area contributed by atoms with Gasteiger partial charge in [0.15, 0.2) is 0 Å². The molecule has 1 aromatic heterocycles. The molecule has 0 aliphatic carbocycles. The fourth-order valence-electron chi connectivity index (χ4n) is 0.682. The van der Waals surface area contributed by atoms with Crippen LogP contribution in [0.4, 0.5) is 0 Å². The van der Waals surface area contributed by atoms with Gasteiger partial charge in [-0.05, 0) is 34.5 Å². The van der Waals surface area contributed by atoms with Gasteiger partial charge in [-0.25, -0.2) is 4.45 Å². The third-order valence-electron chi connectivity index (χ3n) is 1.22. The molecule has 0 aliphatic heterocycles. The van der Waals surface area contributed by atoms with Crippen molar-refractivity contribution in [3.63, 3.8) is 0 Å². The van der Waals surface area contributed by atoms with Crippen LogP contribution in [-0.4, -0.2) is 15.8 Å². The highest BCUT2D eigenvalue weighted by atomic mass is 127. The smallest absolute Gasteiger partial charge is 0.0861 e.